The number of carbonyl (C=O) groups excluding carboxylic acids is 1. The van der Waals surface area contributed by atoms with Crippen molar-refractivity contribution >= 4 is 40.5 Å². The number of hydrogen-bond acceptors (Lipinski definition) is 2. The number of hydrogen-bond donors (Lipinski definition) is 2. The molecule has 2 rings (SSSR count). The molecule has 2 aromatic carbocycles. The van der Waals surface area contributed by atoms with Gasteiger partial charge in [0.25, 0.3) is 0 Å². The first kappa shape index (κ1) is 17.4. The predicted octanol–water partition coefficient (Wildman–Crippen LogP) is 5.06. The molecule has 0 unspecified atom stereocenters. The van der Waals surface area contributed by atoms with Crippen LogP contribution < -0.4 is 10.6 Å². The maximum absolute atomic E-state index is 12.4. The summed E-state index contributed by atoms with van der Waals surface area (Å²) in [6.45, 7) is -0.106. The van der Waals surface area contributed by atoms with Gasteiger partial charge in [0, 0.05) is 11.4 Å². The summed E-state index contributed by atoms with van der Waals surface area (Å²) in [5.41, 5.74) is 0.129. The number of rotatable bonds is 4. The highest BCUT2D eigenvalue weighted by Crippen LogP contribution is 2.29. The molecule has 8 heteroatoms. The summed E-state index contributed by atoms with van der Waals surface area (Å²) in [5.74, 6) is -0.372. The van der Waals surface area contributed by atoms with E-state index in [4.69, 9.17) is 23.2 Å². The summed E-state index contributed by atoms with van der Waals surface area (Å²) in [5, 5.41) is 6.00. The average molecular weight is 363 g/mol. The quantitative estimate of drug-likeness (QED) is 0.797. The third kappa shape index (κ3) is 5.04. The number of nitrogens with one attached hydrogen (secondary N) is 2. The molecule has 0 aliphatic heterocycles. The molecular weight excluding hydrogens is 352 g/mol. The zero-order chi connectivity index (χ0) is 17.0. The minimum absolute atomic E-state index is 0.106. The summed E-state index contributed by atoms with van der Waals surface area (Å²) in [6, 6.07) is 9.04. The van der Waals surface area contributed by atoms with Gasteiger partial charge in [-0.15, -0.1) is 0 Å². The van der Waals surface area contributed by atoms with E-state index in [0.717, 1.165) is 12.1 Å². The number of carbonyl (C=O) groups is 1. The first-order chi connectivity index (χ1) is 10.8. The lowest BCUT2D eigenvalue weighted by molar-refractivity contribution is -0.137. The smallest absolute Gasteiger partial charge is 0.376 e. The lowest BCUT2D eigenvalue weighted by atomic mass is 10.2. The molecule has 1 amide bonds. The van der Waals surface area contributed by atoms with Crippen molar-refractivity contribution < 1.29 is 18.0 Å². The molecule has 122 valence electrons. The van der Waals surface area contributed by atoms with Crippen molar-refractivity contribution in [1.82, 2.24) is 0 Å². The zero-order valence-electron chi connectivity index (χ0n) is 11.5. The van der Waals surface area contributed by atoms with Gasteiger partial charge in [-0.3, -0.25) is 4.79 Å². The third-order valence-corrected chi connectivity index (χ3v) is 3.61. The molecule has 0 saturated carbocycles. The minimum Gasteiger partial charge on any atom is -0.376 e. The van der Waals surface area contributed by atoms with Crippen LogP contribution in [-0.4, -0.2) is 12.5 Å². The van der Waals surface area contributed by atoms with Gasteiger partial charge >= 0.3 is 6.18 Å². The number of halogens is 5. The summed E-state index contributed by atoms with van der Waals surface area (Å²) >= 11 is 11.6. The normalized spacial score (nSPS) is 11.2. The van der Waals surface area contributed by atoms with Crippen LogP contribution in [0.1, 0.15) is 5.56 Å². The van der Waals surface area contributed by atoms with Gasteiger partial charge in [0.2, 0.25) is 5.91 Å². The highest BCUT2D eigenvalue weighted by molar-refractivity contribution is 6.42. The fourth-order valence-corrected chi connectivity index (χ4v) is 2.04. The van der Waals surface area contributed by atoms with E-state index in [9.17, 15) is 18.0 Å². The second-order valence-corrected chi connectivity index (χ2v) is 5.42. The number of benzene rings is 2. The summed E-state index contributed by atoms with van der Waals surface area (Å²) in [6.07, 6.45) is -4.39. The van der Waals surface area contributed by atoms with Crippen LogP contribution in [0.3, 0.4) is 0 Å². The Kier molecular flexibility index (Phi) is 5.38. The lowest BCUT2D eigenvalue weighted by Crippen LogP contribution is -2.21. The van der Waals surface area contributed by atoms with E-state index in [-0.39, 0.29) is 12.5 Å². The first-order valence-corrected chi connectivity index (χ1v) is 7.17. The van der Waals surface area contributed by atoms with Gasteiger partial charge in [0.15, 0.2) is 0 Å². The van der Waals surface area contributed by atoms with E-state index in [1.165, 1.54) is 18.2 Å². The second-order valence-electron chi connectivity index (χ2n) is 4.61. The van der Waals surface area contributed by atoms with Crippen molar-refractivity contribution in [3.8, 4) is 0 Å². The Balaban J connectivity index is 1.90. The van der Waals surface area contributed by atoms with Crippen LogP contribution >= 0.6 is 23.2 Å². The van der Waals surface area contributed by atoms with E-state index in [1.54, 1.807) is 12.1 Å². The third-order valence-electron chi connectivity index (χ3n) is 2.87. The Labute approximate surface area is 140 Å². The van der Waals surface area contributed by atoms with Gasteiger partial charge < -0.3 is 10.6 Å². The van der Waals surface area contributed by atoms with Gasteiger partial charge in [-0.2, -0.15) is 13.2 Å². The molecule has 2 aromatic rings. The molecule has 0 aliphatic rings. The molecule has 0 bridgehead atoms. The largest absolute Gasteiger partial charge is 0.416 e. The van der Waals surface area contributed by atoms with Crippen molar-refractivity contribution in [1.29, 1.82) is 0 Å². The van der Waals surface area contributed by atoms with Crippen molar-refractivity contribution in [2.24, 2.45) is 0 Å². The predicted molar refractivity (Wildman–Crippen MR) is 85.0 cm³/mol. The molecular formula is C15H11Cl2F3N2O. The summed E-state index contributed by atoms with van der Waals surface area (Å²) < 4.78 is 37.3. The second kappa shape index (κ2) is 7.10. The average Bonchev–Trinajstić information content (AvgIpc) is 2.48. The van der Waals surface area contributed by atoms with Crippen LogP contribution in [0.2, 0.25) is 10.0 Å². The highest BCUT2D eigenvalue weighted by Gasteiger charge is 2.29. The molecule has 2 N–H and O–H groups in total. The van der Waals surface area contributed by atoms with Crippen molar-refractivity contribution in [3.05, 3.63) is 58.1 Å². The molecule has 3 nitrogen and oxygen atoms in total. The van der Waals surface area contributed by atoms with Crippen LogP contribution in [0.25, 0.3) is 0 Å². The van der Waals surface area contributed by atoms with E-state index in [1.807, 2.05) is 0 Å². The fraction of sp³-hybridized carbons (Fsp3) is 0.133. The highest BCUT2D eigenvalue weighted by atomic mass is 35.5. The molecule has 0 aliphatic carbocycles. The van der Waals surface area contributed by atoms with Gasteiger partial charge in [0.1, 0.15) is 0 Å². The Morgan fingerprint density at radius 1 is 0.957 bits per heavy atom. The van der Waals surface area contributed by atoms with Crippen LogP contribution in [0.4, 0.5) is 24.5 Å². The zero-order valence-corrected chi connectivity index (χ0v) is 13.1. The number of amides is 1. The van der Waals surface area contributed by atoms with Crippen LogP contribution in [0.15, 0.2) is 42.5 Å². The standard InChI is InChI=1S/C15H11Cl2F3N2O/c16-12-6-5-11(7-13(12)17)22-14(23)8-21-10-3-1-9(2-4-10)15(18,19)20/h1-7,21H,8H2,(H,22,23). The molecule has 23 heavy (non-hydrogen) atoms. The van der Waals surface area contributed by atoms with Crippen LogP contribution in [0, 0.1) is 0 Å². The van der Waals surface area contributed by atoms with Crippen molar-refractivity contribution in [2.45, 2.75) is 6.18 Å². The maximum atomic E-state index is 12.4. The van der Waals surface area contributed by atoms with E-state index < -0.39 is 11.7 Å². The van der Waals surface area contributed by atoms with Gasteiger partial charge in [-0.1, -0.05) is 23.2 Å². The van der Waals surface area contributed by atoms with Gasteiger partial charge in [0.05, 0.1) is 22.2 Å². The summed E-state index contributed by atoms with van der Waals surface area (Å²) in [4.78, 5) is 11.8. The number of alkyl halides is 3. The molecule has 0 atom stereocenters. The monoisotopic (exact) mass is 362 g/mol. The van der Waals surface area contributed by atoms with Crippen molar-refractivity contribution in [3.63, 3.8) is 0 Å². The van der Waals surface area contributed by atoms with Gasteiger partial charge in [-0.25, -0.2) is 0 Å². The Hall–Kier alpha value is -1.92. The minimum atomic E-state index is -4.39. The fourth-order valence-electron chi connectivity index (χ4n) is 1.74. The molecule has 0 heterocycles. The maximum Gasteiger partial charge on any atom is 0.416 e. The van der Waals surface area contributed by atoms with E-state index in [0.29, 0.717) is 21.4 Å². The molecule has 0 aromatic heterocycles. The SMILES string of the molecule is O=C(CNc1ccc(C(F)(F)F)cc1)Nc1ccc(Cl)c(Cl)c1. The first-order valence-electron chi connectivity index (χ1n) is 6.42. The molecule has 0 radical (unpaired) electrons. The van der Waals surface area contributed by atoms with E-state index >= 15 is 0 Å². The number of anilines is 2. The topological polar surface area (TPSA) is 41.1 Å². The molecule has 0 spiro atoms. The summed E-state index contributed by atoms with van der Waals surface area (Å²) in [7, 11) is 0. The van der Waals surface area contributed by atoms with Crippen LogP contribution in [-0.2, 0) is 11.0 Å². The van der Waals surface area contributed by atoms with E-state index in [2.05, 4.69) is 10.6 Å². The van der Waals surface area contributed by atoms with Crippen molar-refractivity contribution in [2.75, 3.05) is 17.2 Å². The Morgan fingerprint density at radius 2 is 1.57 bits per heavy atom. The van der Waals surface area contributed by atoms with Gasteiger partial charge in [-0.05, 0) is 42.5 Å². The Morgan fingerprint density at radius 3 is 2.13 bits per heavy atom. The molecule has 0 fully saturated rings. The molecule has 0 saturated heterocycles. The lowest BCUT2D eigenvalue weighted by Gasteiger charge is -2.10. The Bertz CT molecular complexity index is 703. The van der Waals surface area contributed by atoms with Crippen LogP contribution in [0.5, 0.6) is 0 Å².